The summed E-state index contributed by atoms with van der Waals surface area (Å²) in [6.45, 7) is 0.554. The van der Waals surface area contributed by atoms with Crippen LogP contribution >= 0.6 is 0 Å². The molecule has 1 heterocycles. The number of halogens is 3. The molecule has 3 aromatic rings. The zero-order chi connectivity index (χ0) is 25.9. The Morgan fingerprint density at radius 2 is 1.72 bits per heavy atom. The van der Waals surface area contributed by atoms with Crippen molar-refractivity contribution < 1.29 is 27.4 Å². The average Bonchev–Trinajstić information content (AvgIpc) is 2.87. The number of primary amides is 1. The first-order valence-corrected chi connectivity index (χ1v) is 11.7. The molecular formula is C28H29F3N2O3. The van der Waals surface area contributed by atoms with Crippen molar-refractivity contribution in [1.82, 2.24) is 4.90 Å². The van der Waals surface area contributed by atoms with Crippen LogP contribution in [0, 0.1) is 0 Å². The van der Waals surface area contributed by atoms with Gasteiger partial charge in [0.1, 0.15) is 6.04 Å². The molecule has 2 atom stereocenters. The minimum absolute atomic E-state index is 0.277. The van der Waals surface area contributed by atoms with Crippen molar-refractivity contribution in [1.29, 1.82) is 0 Å². The van der Waals surface area contributed by atoms with Gasteiger partial charge < -0.3 is 15.2 Å². The van der Waals surface area contributed by atoms with Crippen LogP contribution in [-0.2, 0) is 23.8 Å². The maximum absolute atomic E-state index is 13.3. The van der Waals surface area contributed by atoms with E-state index in [4.69, 9.17) is 15.2 Å². The Balaban J connectivity index is 1.75. The van der Waals surface area contributed by atoms with Gasteiger partial charge in [0.25, 0.3) is 0 Å². The smallest absolute Gasteiger partial charge is 0.416 e. The molecule has 0 bridgehead atoms. The van der Waals surface area contributed by atoms with E-state index < -0.39 is 23.7 Å². The number of hydrogen-bond donors (Lipinski definition) is 1. The van der Waals surface area contributed by atoms with E-state index in [9.17, 15) is 18.0 Å². The SMILES string of the molecule is COc1cc2c(cc1OC)C(CCc1cccc(C(F)(F)F)c1)N(C(C(N)=O)c1ccccc1)CC2. The van der Waals surface area contributed by atoms with Gasteiger partial charge in [0, 0.05) is 12.6 Å². The Bertz CT molecular complexity index is 1210. The van der Waals surface area contributed by atoms with E-state index in [0.717, 1.165) is 22.8 Å². The lowest BCUT2D eigenvalue weighted by atomic mass is 9.86. The normalized spacial score (nSPS) is 16.8. The number of aryl methyl sites for hydroxylation is 1. The molecule has 2 unspecified atom stereocenters. The number of alkyl halides is 3. The van der Waals surface area contributed by atoms with Crippen LogP contribution in [-0.4, -0.2) is 31.6 Å². The highest BCUT2D eigenvalue weighted by Gasteiger charge is 2.37. The van der Waals surface area contributed by atoms with Gasteiger partial charge in [0.05, 0.1) is 19.8 Å². The molecular weight excluding hydrogens is 469 g/mol. The Labute approximate surface area is 208 Å². The topological polar surface area (TPSA) is 64.8 Å². The van der Waals surface area contributed by atoms with Crippen molar-refractivity contribution in [3.8, 4) is 11.5 Å². The molecule has 3 aromatic carbocycles. The summed E-state index contributed by atoms with van der Waals surface area (Å²) < 4.78 is 50.8. The van der Waals surface area contributed by atoms with Crippen molar-refractivity contribution in [2.24, 2.45) is 5.73 Å². The van der Waals surface area contributed by atoms with Crippen LogP contribution < -0.4 is 15.2 Å². The summed E-state index contributed by atoms with van der Waals surface area (Å²) in [5.74, 6) is 0.683. The van der Waals surface area contributed by atoms with Gasteiger partial charge in [0.2, 0.25) is 5.91 Å². The summed E-state index contributed by atoms with van der Waals surface area (Å²) in [7, 11) is 3.13. The van der Waals surface area contributed by atoms with E-state index in [0.29, 0.717) is 42.9 Å². The Morgan fingerprint density at radius 1 is 1.03 bits per heavy atom. The van der Waals surface area contributed by atoms with Crippen molar-refractivity contribution in [2.75, 3.05) is 20.8 Å². The molecule has 36 heavy (non-hydrogen) atoms. The molecule has 0 aliphatic carbocycles. The predicted octanol–water partition coefficient (Wildman–Crippen LogP) is 5.48. The average molecular weight is 499 g/mol. The van der Waals surface area contributed by atoms with Gasteiger partial charge in [-0.25, -0.2) is 0 Å². The van der Waals surface area contributed by atoms with Gasteiger partial charge in [-0.1, -0.05) is 48.5 Å². The molecule has 0 saturated heterocycles. The third-order valence-corrected chi connectivity index (χ3v) is 6.72. The highest BCUT2D eigenvalue weighted by molar-refractivity contribution is 5.81. The van der Waals surface area contributed by atoms with Gasteiger partial charge >= 0.3 is 6.18 Å². The van der Waals surface area contributed by atoms with Crippen LogP contribution in [0.4, 0.5) is 13.2 Å². The standard InChI is InChI=1S/C28H29F3N2O3/c1-35-24-16-20-13-14-33(26(27(32)34)19-8-4-3-5-9-19)23(22(20)17-25(24)36-2)12-11-18-7-6-10-21(15-18)28(29,30)31/h3-10,15-17,23,26H,11-14H2,1-2H3,(H2,32,34). The highest BCUT2D eigenvalue weighted by Crippen LogP contribution is 2.43. The predicted molar refractivity (Wildman–Crippen MR) is 131 cm³/mol. The number of carbonyl (C=O) groups is 1. The van der Waals surface area contributed by atoms with Gasteiger partial charge in [-0.15, -0.1) is 0 Å². The third-order valence-electron chi connectivity index (χ3n) is 6.72. The Kier molecular flexibility index (Phi) is 7.54. The Morgan fingerprint density at radius 3 is 2.36 bits per heavy atom. The molecule has 1 aliphatic heterocycles. The molecule has 5 nitrogen and oxygen atoms in total. The zero-order valence-electron chi connectivity index (χ0n) is 20.2. The molecule has 0 fully saturated rings. The van der Waals surface area contributed by atoms with E-state index in [1.54, 1.807) is 20.3 Å². The van der Waals surface area contributed by atoms with E-state index in [-0.39, 0.29) is 6.04 Å². The second kappa shape index (κ2) is 10.6. The van der Waals surface area contributed by atoms with Crippen LogP contribution in [0.3, 0.4) is 0 Å². The van der Waals surface area contributed by atoms with Gasteiger partial charge in [-0.05, 0) is 59.7 Å². The number of methoxy groups -OCH3 is 2. The molecule has 4 rings (SSSR count). The fraction of sp³-hybridized carbons (Fsp3) is 0.321. The lowest BCUT2D eigenvalue weighted by molar-refractivity contribution is -0.137. The van der Waals surface area contributed by atoms with E-state index in [1.807, 2.05) is 42.5 Å². The molecule has 2 N–H and O–H groups in total. The van der Waals surface area contributed by atoms with Crippen molar-refractivity contribution in [3.05, 3.63) is 94.5 Å². The molecule has 190 valence electrons. The van der Waals surface area contributed by atoms with Gasteiger partial charge in [0.15, 0.2) is 11.5 Å². The van der Waals surface area contributed by atoms with Crippen LogP contribution in [0.2, 0.25) is 0 Å². The van der Waals surface area contributed by atoms with Crippen molar-refractivity contribution in [2.45, 2.75) is 37.5 Å². The molecule has 0 aromatic heterocycles. The first-order valence-electron chi connectivity index (χ1n) is 11.7. The summed E-state index contributed by atoms with van der Waals surface area (Å²) in [6.07, 6.45) is -2.88. The maximum atomic E-state index is 13.3. The van der Waals surface area contributed by atoms with E-state index in [2.05, 4.69) is 4.90 Å². The fourth-order valence-corrected chi connectivity index (χ4v) is 5.04. The lowest BCUT2D eigenvalue weighted by Gasteiger charge is -2.41. The monoisotopic (exact) mass is 498 g/mol. The van der Waals surface area contributed by atoms with Gasteiger partial charge in [-0.3, -0.25) is 9.69 Å². The van der Waals surface area contributed by atoms with E-state index >= 15 is 0 Å². The number of amides is 1. The maximum Gasteiger partial charge on any atom is 0.416 e. The van der Waals surface area contributed by atoms with Gasteiger partial charge in [-0.2, -0.15) is 13.2 Å². The van der Waals surface area contributed by atoms with Crippen LogP contribution in [0.25, 0.3) is 0 Å². The highest BCUT2D eigenvalue weighted by atomic mass is 19.4. The number of nitrogens with two attached hydrogens (primary N) is 1. The molecule has 0 spiro atoms. The number of ether oxygens (including phenoxy) is 2. The van der Waals surface area contributed by atoms with E-state index in [1.165, 1.54) is 12.1 Å². The largest absolute Gasteiger partial charge is 0.493 e. The third kappa shape index (κ3) is 5.33. The zero-order valence-corrected chi connectivity index (χ0v) is 20.2. The summed E-state index contributed by atoms with van der Waals surface area (Å²) >= 11 is 0. The quantitative estimate of drug-likeness (QED) is 0.447. The Hall–Kier alpha value is -3.52. The minimum atomic E-state index is -4.41. The number of fused-ring (bicyclic) bond motifs is 1. The minimum Gasteiger partial charge on any atom is -0.493 e. The lowest BCUT2D eigenvalue weighted by Crippen LogP contribution is -2.44. The summed E-state index contributed by atoms with van der Waals surface area (Å²) in [5.41, 5.74) is 8.59. The number of nitrogens with zero attached hydrogens (tertiary/aromatic N) is 1. The fourth-order valence-electron chi connectivity index (χ4n) is 5.04. The van der Waals surface area contributed by atoms with Crippen LogP contribution in [0.1, 0.15) is 46.3 Å². The van der Waals surface area contributed by atoms with Crippen molar-refractivity contribution >= 4 is 5.91 Å². The van der Waals surface area contributed by atoms with Crippen LogP contribution in [0.5, 0.6) is 11.5 Å². The molecule has 1 aliphatic rings. The second-order valence-electron chi connectivity index (χ2n) is 8.86. The van der Waals surface area contributed by atoms with Crippen molar-refractivity contribution in [3.63, 3.8) is 0 Å². The number of benzene rings is 3. The molecule has 1 amide bonds. The first-order chi connectivity index (χ1) is 17.2. The summed E-state index contributed by atoms with van der Waals surface area (Å²) in [5, 5.41) is 0. The molecule has 0 saturated carbocycles. The molecule has 8 heteroatoms. The second-order valence-corrected chi connectivity index (χ2v) is 8.86. The first kappa shape index (κ1) is 25.6. The summed E-state index contributed by atoms with van der Waals surface area (Å²) in [6, 6.07) is 17.6. The summed E-state index contributed by atoms with van der Waals surface area (Å²) in [4.78, 5) is 14.8. The number of carbonyl (C=O) groups excluding carboxylic acids is 1. The number of rotatable bonds is 8. The molecule has 0 radical (unpaired) electrons. The van der Waals surface area contributed by atoms with Crippen LogP contribution in [0.15, 0.2) is 66.7 Å². The number of hydrogen-bond acceptors (Lipinski definition) is 4.